The third-order valence-corrected chi connectivity index (χ3v) is 3.96. The Balaban J connectivity index is 1.61. The number of carbonyl (C=O) groups excluding carboxylic acids is 1. The Labute approximate surface area is 143 Å². The van der Waals surface area contributed by atoms with Gasteiger partial charge in [-0.2, -0.15) is 5.10 Å². The lowest BCUT2D eigenvalue weighted by Crippen LogP contribution is -2.46. The third-order valence-electron chi connectivity index (χ3n) is 3.96. The van der Waals surface area contributed by atoms with Crippen LogP contribution in [0.3, 0.4) is 0 Å². The van der Waals surface area contributed by atoms with Gasteiger partial charge in [0.05, 0.1) is 36.9 Å². The smallest absolute Gasteiger partial charge is 0.306 e. The minimum absolute atomic E-state index is 0.119. The Morgan fingerprint density at radius 3 is 2.76 bits per heavy atom. The number of hydrogen-bond acceptors (Lipinski definition) is 4. The lowest BCUT2D eigenvalue weighted by atomic mass is 10.2. The van der Waals surface area contributed by atoms with E-state index in [0.29, 0.717) is 24.5 Å². The van der Waals surface area contributed by atoms with Gasteiger partial charge in [0, 0.05) is 19.3 Å². The second-order valence-electron chi connectivity index (χ2n) is 5.84. The molecule has 0 saturated carbocycles. The van der Waals surface area contributed by atoms with Gasteiger partial charge in [0.15, 0.2) is 0 Å². The van der Waals surface area contributed by atoms with E-state index in [0.717, 1.165) is 0 Å². The molecule has 1 saturated heterocycles. The van der Waals surface area contributed by atoms with Gasteiger partial charge in [-0.1, -0.05) is 0 Å². The molecule has 132 valence electrons. The van der Waals surface area contributed by atoms with Crippen LogP contribution in [0.25, 0.3) is 5.69 Å². The zero-order valence-electron chi connectivity index (χ0n) is 13.5. The van der Waals surface area contributed by atoms with Crippen molar-refractivity contribution in [1.82, 2.24) is 14.7 Å². The monoisotopic (exact) mass is 347 g/mol. The lowest BCUT2D eigenvalue weighted by molar-refractivity contribution is -0.147. The highest BCUT2D eigenvalue weighted by molar-refractivity contribution is 5.78. The first-order valence-corrected chi connectivity index (χ1v) is 7.93. The van der Waals surface area contributed by atoms with Crippen molar-refractivity contribution in [3.63, 3.8) is 0 Å². The van der Waals surface area contributed by atoms with E-state index in [-0.39, 0.29) is 31.1 Å². The number of aromatic nitrogens is 2. The summed E-state index contributed by atoms with van der Waals surface area (Å²) in [6.07, 6.45) is 1.23. The van der Waals surface area contributed by atoms with Gasteiger partial charge in [0.1, 0.15) is 5.82 Å². The van der Waals surface area contributed by atoms with Crippen LogP contribution in [0.5, 0.6) is 0 Å². The van der Waals surface area contributed by atoms with Crippen LogP contribution in [0.4, 0.5) is 4.39 Å². The molecule has 1 aliphatic heterocycles. The second-order valence-corrected chi connectivity index (χ2v) is 5.84. The van der Waals surface area contributed by atoms with E-state index >= 15 is 0 Å². The van der Waals surface area contributed by atoms with Gasteiger partial charge in [-0.05, 0) is 30.3 Å². The predicted molar refractivity (Wildman–Crippen MR) is 85.8 cm³/mol. The van der Waals surface area contributed by atoms with Crippen LogP contribution in [0.15, 0.2) is 36.5 Å². The van der Waals surface area contributed by atoms with Crippen LogP contribution in [0.1, 0.15) is 12.1 Å². The molecule has 3 rings (SSSR count). The molecule has 0 spiro atoms. The average molecular weight is 347 g/mol. The highest BCUT2D eigenvalue weighted by Crippen LogP contribution is 2.12. The largest absolute Gasteiger partial charge is 0.481 e. The number of morpholine rings is 1. The van der Waals surface area contributed by atoms with E-state index in [9.17, 15) is 14.0 Å². The molecule has 0 radical (unpaired) electrons. The average Bonchev–Trinajstić information content (AvgIpc) is 3.03. The van der Waals surface area contributed by atoms with Gasteiger partial charge in [-0.15, -0.1) is 0 Å². The number of ether oxygens (including phenoxy) is 1. The van der Waals surface area contributed by atoms with Crippen LogP contribution < -0.4 is 0 Å². The number of nitrogens with zero attached hydrogens (tertiary/aromatic N) is 3. The molecule has 0 aliphatic carbocycles. The van der Waals surface area contributed by atoms with Gasteiger partial charge in [-0.3, -0.25) is 9.59 Å². The summed E-state index contributed by atoms with van der Waals surface area (Å²) in [5.74, 6) is -1.39. The normalized spacial score (nSPS) is 17.5. The van der Waals surface area contributed by atoms with Gasteiger partial charge < -0.3 is 14.7 Å². The Bertz CT molecular complexity index is 760. The summed E-state index contributed by atoms with van der Waals surface area (Å²) >= 11 is 0. The molecule has 1 aromatic heterocycles. The number of carboxylic acid groups (broad SMARTS) is 1. The topological polar surface area (TPSA) is 84.7 Å². The van der Waals surface area contributed by atoms with Crippen molar-refractivity contribution in [2.75, 3.05) is 19.7 Å². The fourth-order valence-corrected chi connectivity index (χ4v) is 2.72. The Morgan fingerprint density at radius 2 is 2.04 bits per heavy atom. The van der Waals surface area contributed by atoms with Gasteiger partial charge in [0.25, 0.3) is 0 Å². The van der Waals surface area contributed by atoms with Crippen molar-refractivity contribution < 1.29 is 23.8 Å². The number of benzene rings is 1. The van der Waals surface area contributed by atoms with Crippen LogP contribution in [-0.4, -0.2) is 57.5 Å². The molecule has 7 nitrogen and oxygen atoms in total. The molecule has 0 unspecified atom stereocenters. The number of carbonyl (C=O) groups is 2. The summed E-state index contributed by atoms with van der Waals surface area (Å²) in [5, 5.41) is 13.2. The molecule has 1 amide bonds. The van der Waals surface area contributed by atoms with Gasteiger partial charge >= 0.3 is 5.97 Å². The number of aliphatic carboxylic acids is 1. The Morgan fingerprint density at radius 1 is 1.28 bits per heavy atom. The lowest BCUT2D eigenvalue weighted by Gasteiger charge is -2.32. The molecule has 1 atom stereocenters. The molecule has 25 heavy (non-hydrogen) atoms. The Hall–Kier alpha value is -2.74. The first kappa shape index (κ1) is 17.1. The van der Waals surface area contributed by atoms with E-state index in [4.69, 9.17) is 9.84 Å². The van der Waals surface area contributed by atoms with Crippen molar-refractivity contribution in [2.24, 2.45) is 0 Å². The minimum atomic E-state index is -0.947. The van der Waals surface area contributed by atoms with Gasteiger partial charge in [-0.25, -0.2) is 9.07 Å². The summed E-state index contributed by atoms with van der Waals surface area (Å²) in [4.78, 5) is 24.8. The third kappa shape index (κ3) is 4.42. The van der Waals surface area contributed by atoms with E-state index in [2.05, 4.69) is 5.10 Å². The number of rotatable bonds is 5. The minimum Gasteiger partial charge on any atom is -0.481 e. The predicted octanol–water partition coefficient (Wildman–Crippen LogP) is 1.26. The summed E-state index contributed by atoms with van der Waals surface area (Å²) in [6.45, 7) is 1.03. The maximum Gasteiger partial charge on any atom is 0.306 e. The maximum absolute atomic E-state index is 13.0. The van der Waals surface area contributed by atoms with Crippen molar-refractivity contribution in [3.8, 4) is 5.69 Å². The zero-order valence-corrected chi connectivity index (χ0v) is 13.5. The zero-order chi connectivity index (χ0) is 17.8. The highest BCUT2D eigenvalue weighted by atomic mass is 19.1. The van der Waals surface area contributed by atoms with Crippen LogP contribution in [-0.2, 0) is 20.7 Å². The SMILES string of the molecule is O=C(O)C[C@@H]1CN(C(=O)Cc2ccn(-c3ccc(F)cc3)n2)CCO1. The van der Waals surface area contributed by atoms with Gasteiger partial charge in [0.2, 0.25) is 5.91 Å². The van der Waals surface area contributed by atoms with Crippen LogP contribution in [0, 0.1) is 5.82 Å². The summed E-state index contributed by atoms with van der Waals surface area (Å²) in [5.41, 5.74) is 1.29. The van der Waals surface area contributed by atoms with E-state index in [1.807, 2.05) is 0 Å². The van der Waals surface area contributed by atoms with E-state index in [1.165, 1.54) is 12.1 Å². The number of hydrogen-bond donors (Lipinski definition) is 1. The first-order chi connectivity index (χ1) is 12.0. The molecule has 8 heteroatoms. The standard InChI is InChI=1S/C17H18FN3O4/c18-12-1-3-14(4-2-12)21-6-5-13(19-21)9-16(22)20-7-8-25-15(11-20)10-17(23)24/h1-6,15H,7-11H2,(H,23,24)/t15-/m1/s1. The molecule has 1 fully saturated rings. The van der Waals surface area contributed by atoms with E-state index in [1.54, 1.807) is 34.0 Å². The molecule has 1 N–H and O–H groups in total. The maximum atomic E-state index is 13.0. The van der Waals surface area contributed by atoms with Crippen LogP contribution in [0.2, 0.25) is 0 Å². The molecular formula is C17H18FN3O4. The van der Waals surface area contributed by atoms with Crippen molar-refractivity contribution in [1.29, 1.82) is 0 Å². The molecule has 1 aromatic carbocycles. The fraction of sp³-hybridized carbons (Fsp3) is 0.353. The summed E-state index contributed by atoms with van der Waals surface area (Å²) in [6, 6.07) is 7.63. The highest BCUT2D eigenvalue weighted by Gasteiger charge is 2.26. The quantitative estimate of drug-likeness (QED) is 0.880. The molecule has 2 aromatic rings. The fourth-order valence-electron chi connectivity index (χ4n) is 2.72. The van der Waals surface area contributed by atoms with E-state index < -0.39 is 12.1 Å². The first-order valence-electron chi connectivity index (χ1n) is 7.93. The number of amides is 1. The second kappa shape index (κ2) is 7.43. The number of halogens is 1. The summed E-state index contributed by atoms with van der Waals surface area (Å²) in [7, 11) is 0. The van der Waals surface area contributed by atoms with Crippen molar-refractivity contribution in [2.45, 2.75) is 18.9 Å². The molecule has 0 bridgehead atoms. The molecule has 1 aliphatic rings. The number of carboxylic acids is 1. The molecule has 2 heterocycles. The molecular weight excluding hydrogens is 329 g/mol. The van der Waals surface area contributed by atoms with Crippen molar-refractivity contribution >= 4 is 11.9 Å². The summed E-state index contributed by atoms with van der Waals surface area (Å²) < 4.78 is 19.9. The van der Waals surface area contributed by atoms with Crippen LogP contribution >= 0.6 is 0 Å². The van der Waals surface area contributed by atoms with Crippen molar-refractivity contribution in [3.05, 3.63) is 48.0 Å². The Kier molecular flexibility index (Phi) is 5.08.